The summed E-state index contributed by atoms with van der Waals surface area (Å²) in [6.07, 6.45) is 4.77. The Kier molecular flexibility index (Phi) is 7.83. The van der Waals surface area contributed by atoms with Gasteiger partial charge in [-0.25, -0.2) is 9.98 Å². The summed E-state index contributed by atoms with van der Waals surface area (Å²) in [5.74, 6) is 1.76. The number of methoxy groups -OCH3 is 1. The summed E-state index contributed by atoms with van der Waals surface area (Å²) in [4.78, 5) is 9.06. The van der Waals surface area contributed by atoms with E-state index in [0.29, 0.717) is 6.54 Å². The molecule has 1 aromatic heterocycles. The van der Waals surface area contributed by atoms with Crippen molar-refractivity contribution in [2.75, 3.05) is 26.8 Å². The molecule has 0 atom stereocenters. The summed E-state index contributed by atoms with van der Waals surface area (Å²) >= 11 is 0. The lowest BCUT2D eigenvalue weighted by Crippen LogP contribution is -2.38. The second-order valence-electron chi connectivity index (χ2n) is 5.43. The van der Waals surface area contributed by atoms with Crippen LogP contribution in [-0.4, -0.2) is 42.3 Å². The van der Waals surface area contributed by atoms with Gasteiger partial charge in [0.2, 0.25) is 0 Å². The zero-order valence-corrected chi connectivity index (χ0v) is 14.5. The highest BCUT2D eigenvalue weighted by molar-refractivity contribution is 5.79. The van der Waals surface area contributed by atoms with Crippen LogP contribution in [0.2, 0.25) is 0 Å². The first kappa shape index (κ1) is 18.0. The maximum Gasteiger partial charge on any atom is 0.191 e. The van der Waals surface area contributed by atoms with Crippen molar-refractivity contribution in [3.05, 3.63) is 54.1 Å². The van der Waals surface area contributed by atoms with Gasteiger partial charge in [-0.2, -0.15) is 0 Å². The minimum atomic E-state index is 0.541. The van der Waals surface area contributed by atoms with Crippen LogP contribution in [0.25, 0.3) is 0 Å². The Labute approximate surface area is 144 Å². The fourth-order valence-corrected chi connectivity index (χ4v) is 2.33. The molecule has 0 aliphatic carbocycles. The fourth-order valence-electron chi connectivity index (χ4n) is 2.33. The van der Waals surface area contributed by atoms with Crippen LogP contribution in [0.3, 0.4) is 0 Å². The van der Waals surface area contributed by atoms with Crippen molar-refractivity contribution in [3.8, 4) is 0 Å². The molecule has 6 heteroatoms. The Morgan fingerprint density at radius 2 is 2.08 bits per heavy atom. The predicted molar refractivity (Wildman–Crippen MR) is 97.1 cm³/mol. The number of nitrogens with one attached hydrogen (secondary N) is 2. The molecule has 1 aromatic carbocycles. The summed E-state index contributed by atoms with van der Waals surface area (Å²) in [6.45, 7) is 5.81. The first-order valence-corrected chi connectivity index (χ1v) is 8.38. The third-order valence-electron chi connectivity index (χ3n) is 3.54. The smallest absolute Gasteiger partial charge is 0.191 e. The number of nitrogens with zero attached hydrogens (tertiary/aromatic N) is 3. The van der Waals surface area contributed by atoms with Crippen molar-refractivity contribution in [2.24, 2.45) is 4.99 Å². The van der Waals surface area contributed by atoms with Crippen LogP contribution >= 0.6 is 0 Å². The van der Waals surface area contributed by atoms with Gasteiger partial charge in [0.25, 0.3) is 0 Å². The molecular formula is C18H27N5O. The molecule has 2 aromatic rings. The van der Waals surface area contributed by atoms with E-state index in [1.165, 1.54) is 5.56 Å². The quantitative estimate of drug-likeness (QED) is 0.420. The molecule has 0 bridgehead atoms. The van der Waals surface area contributed by atoms with E-state index in [-0.39, 0.29) is 0 Å². The maximum atomic E-state index is 5.06. The lowest BCUT2D eigenvalue weighted by molar-refractivity contribution is 0.195. The Morgan fingerprint density at radius 1 is 1.25 bits per heavy atom. The molecule has 0 saturated carbocycles. The van der Waals surface area contributed by atoms with Crippen molar-refractivity contribution < 1.29 is 4.74 Å². The van der Waals surface area contributed by atoms with E-state index >= 15 is 0 Å². The number of imidazole rings is 1. The van der Waals surface area contributed by atoms with Gasteiger partial charge in [-0.05, 0) is 18.9 Å². The highest BCUT2D eigenvalue weighted by Gasteiger charge is 2.04. The number of benzene rings is 1. The third-order valence-corrected chi connectivity index (χ3v) is 3.54. The monoisotopic (exact) mass is 329 g/mol. The number of guanidine groups is 1. The molecule has 0 spiro atoms. The second kappa shape index (κ2) is 10.4. The normalized spacial score (nSPS) is 11.5. The highest BCUT2D eigenvalue weighted by atomic mass is 16.5. The molecule has 2 N–H and O–H groups in total. The molecule has 0 fully saturated rings. The van der Waals surface area contributed by atoms with Gasteiger partial charge >= 0.3 is 0 Å². The number of rotatable bonds is 9. The first-order valence-electron chi connectivity index (χ1n) is 8.38. The van der Waals surface area contributed by atoms with E-state index in [1.807, 2.05) is 18.5 Å². The summed E-state index contributed by atoms with van der Waals surface area (Å²) in [5, 5.41) is 6.56. The van der Waals surface area contributed by atoms with Crippen LogP contribution in [0.15, 0.2) is 47.7 Å². The molecule has 0 aliphatic heterocycles. The van der Waals surface area contributed by atoms with Gasteiger partial charge in [0.1, 0.15) is 12.4 Å². The van der Waals surface area contributed by atoms with Gasteiger partial charge in [0, 0.05) is 45.7 Å². The Morgan fingerprint density at radius 3 is 2.83 bits per heavy atom. The van der Waals surface area contributed by atoms with Gasteiger partial charge < -0.3 is 19.9 Å². The molecular weight excluding hydrogens is 302 g/mol. The van der Waals surface area contributed by atoms with Gasteiger partial charge in [-0.1, -0.05) is 30.3 Å². The average Bonchev–Trinajstić information content (AvgIpc) is 3.04. The summed E-state index contributed by atoms with van der Waals surface area (Å²) < 4.78 is 7.19. The minimum absolute atomic E-state index is 0.541. The van der Waals surface area contributed by atoms with Gasteiger partial charge in [-0.3, -0.25) is 0 Å². The standard InChI is InChI=1S/C18H27N5O/c1-3-19-18(21-10-7-13-24-2)22-14-17-20-11-12-23(17)15-16-8-5-4-6-9-16/h4-6,8-9,11-12H,3,7,10,13-15H2,1-2H3,(H2,19,21,22). The number of hydrogen-bond acceptors (Lipinski definition) is 3. The van der Waals surface area contributed by atoms with E-state index in [2.05, 4.69) is 56.4 Å². The van der Waals surface area contributed by atoms with Crippen molar-refractivity contribution in [2.45, 2.75) is 26.4 Å². The summed E-state index contributed by atoms with van der Waals surface area (Å²) in [7, 11) is 1.71. The molecule has 6 nitrogen and oxygen atoms in total. The maximum absolute atomic E-state index is 5.06. The number of hydrogen-bond donors (Lipinski definition) is 2. The molecule has 0 unspecified atom stereocenters. The Bertz CT molecular complexity index is 609. The van der Waals surface area contributed by atoms with Gasteiger partial charge in [0.05, 0.1) is 0 Å². The van der Waals surface area contributed by atoms with Gasteiger partial charge in [0.15, 0.2) is 5.96 Å². The van der Waals surface area contributed by atoms with Crippen molar-refractivity contribution in [1.82, 2.24) is 20.2 Å². The topological polar surface area (TPSA) is 63.5 Å². The lowest BCUT2D eigenvalue weighted by Gasteiger charge is -2.11. The van der Waals surface area contributed by atoms with Crippen molar-refractivity contribution in [3.63, 3.8) is 0 Å². The number of aliphatic imine (C=N–C) groups is 1. The molecule has 0 aliphatic rings. The van der Waals surface area contributed by atoms with E-state index in [9.17, 15) is 0 Å². The van der Waals surface area contributed by atoms with Crippen LogP contribution < -0.4 is 10.6 Å². The van der Waals surface area contributed by atoms with Crippen molar-refractivity contribution in [1.29, 1.82) is 0 Å². The van der Waals surface area contributed by atoms with E-state index in [1.54, 1.807) is 7.11 Å². The molecule has 2 rings (SSSR count). The van der Waals surface area contributed by atoms with Crippen LogP contribution in [0.1, 0.15) is 24.7 Å². The van der Waals surface area contributed by atoms with Gasteiger partial charge in [-0.15, -0.1) is 0 Å². The average molecular weight is 329 g/mol. The lowest BCUT2D eigenvalue weighted by atomic mass is 10.2. The van der Waals surface area contributed by atoms with E-state index in [4.69, 9.17) is 4.74 Å². The zero-order chi connectivity index (χ0) is 17.0. The molecule has 0 amide bonds. The van der Waals surface area contributed by atoms with Crippen LogP contribution in [0.4, 0.5) is 0 Å². The molecule has 1 heterocycles. The largest absolute Gasteiger partial charge is 0.385 e. The SMILES string of the molecule is CCNC(=NCc1nccn1Cc1ccccc1)NCCCOC. The Hall–Kier alpha value is -2.34. The van der Waals surface area contributed by atoms with Crippen LogP contribution in [0.5, 0.6) is 0 Å². The first-order chi connectivity index (χ1) is 11.8. The van der Waals surface area contributed by atoms with Crippen LogP contribution in [0, 0.1) is 0 Å². The van der Waals surface area contributed by atoms with E-state index < -0.39 is 0 Å². The molecule has 130 valence electrons. The third kappa shape index (κ3) is 6.04. The zero-order valence-electron chi connectivity index (χ0n) is 14.5. The number of ether oxygens (including phenoxy) is 1. The summed E-state index contributed by atoms with van der Waals surface area (Å²) in [5.41, 5.74) is 1.25. The molecule has 0 radical (unpaired) electrons. The predicted octanol–water partition coefficient (Wildman–Crippen LogP) is 2.02. The van der Waals surface area contributed by atoms with E-state index in [0.717, 1.165) is 44.4 Å². The highest BCUT2D eigenvalue weighted by Crippen LogP contribution is 2.06. The summed E-state index contributed by atoms with van der Waals surface area (Å²) in [6, 6.07) is 10.4. The molecule has 24 heavy (non-hydrogen) atoms. The second-order valence-corrected chi connectivity index (χ2v) is 5.43. The fraction of sp³-hybridized carbons (Fsp3) is 0.444. The molecule has 0 saturated heterocycles. The Balaban J connectivity index is 1.94. The minimum Gasteiger partial charge on any atom is -0.385 e. The van der Waals surface area contributed by atoms with Crippen molar-refractivity contribution >= 4 is 5.96 Å². The van der Waals surface area contributed by atoms with Crippen LogP contribution in [-0.2, 0) is 17.8 Å². The number of aromatic nitrogens is 2.